The first-order chi connectivity index (χ1) is 4.22. The molecular formula is C5H4BrNO2. The van der Waals surface area contributed by atoms with Crippen LogP contribution in [0.25, 0.3) is 0 Å². The minimum Gasteiger partial charge on any atom is -0.379 e. The number of aliphatic hydroxyl groups is 1. The van der Waals surface area contributed by atoms with Crippen LogP contribution in [-0.4, -0.2) is 23.2 Å². The largest absolute Gasteiger partial charge is 0.379 e. The summed E-state index contributed by atoms with van der Waals surface area (Å²) in [5.41, 5.74) is 0. The maximum absolute atomic E-state index is 10.7. The molecule has 0 saturated carbocycles. The van der Waals surface area contributed by atoms with Gasteiger partial charge < -0.3 is 5.11 Å². The van der Waals surface area contributed by atoms with E-state index in [9.17, 15) is 4.79 Å². The summed E-state index contributed by atoms with van der Waals surface area (Å²) < 4.78 is 0.317. The van der Waals surface area contributed by atoms with Gasteiger partial charge in [0.15, 0.2) is 6.10 Å². The van der Waals surface area contributed by atoms with E-state index in [2.05, 4.69) is 20.9 Å². The Kier molecular flexibility index (Phi) is 1.78. The smallest absolute Gasteiger partial charge is 0.205 e. The summed E-state index contributed by atoms with van der Waals surface area (Å²) in [4.78, 5) is 14.3. The summed E-state index contributed by atoms with van der Waals surface area (Å²) in [5, 5.41) is 8.78. The summed E-state index contributed by atoms with van der Waals surface area (Å²) in [6.07, 6.45) is 1.48. The number of carbonyl (C=O) groups excluding carboxylic acids is 1. The van der Waals surface area contributed by atoms with E-state index in [4.69, 9.17) is 5.11 Å². The van der Waals surface area contributed by atoms with Crippen molar-refractivity contribution in [1.29, 1.82) is 0 Å². The Morgan fingerprint density at radius 1 is 1.78 bits per heavy atom. The molecule has 48 valence electrons. The van der Waals surface area contributed by atoms with Crippen molar-refractivity contribution >= 4 is 27.9 Å². The fourth-order valence-electron chi connectivity index (χ4n) is 0.463. The number of ketones is 1. The number of Topliss-reactive ketones (excluding diaryl/α,β-unsaturated/α-hetero) is 1. The molecule has 0 bridgehead atoms. The van der Waals surface area contributed by atoms with Gasteiger partial charge >= 0.3 is 0 Å². The van der Waals surface area contributed by atoms with E-state index in [0.717, 1.165) is 0 Å². The van der Waals surface area contributed by atoms with Crippen LogP contribution in [0.15, 0.2) is 15.7 Å². The molecule has 0 aromatic rings. The Morgan fingerprint density at radius 2 is 2.44 bits per heavy atom. The van der Waals surface area contributed by atoms with E-state index < -0.39 is 6.10 Å². The maximum atomic E-state index is 10.7. The van der Waals surface area contributed by atoms with Crippen LogP contribution in [0.2, 0.25) is 0 Å². The molecule has 1 aliphatic rings. The zero-order valence-corrected chi connectivity index (χ0v) is 6.00. The van der Waals surface area contributed by atoms with Crippen LogP contribution in [0, 0.1) is 0 Å². The van der Waals surface area contributed by atoms with E-state index in [1.165, 1.54) is 12.4 Å². The van der Waals surface area contributed by atoms with Gasteiger partial charge in [-0.2, -0.15) is 0 Å². The summed E-state index contributed by atoms with van der Waals surface area (Å²) in [6.45, 7) is 0. The minimum absolute atomic E-state index is 0.317. The van der Waals surface area contributed by atoms with Crippen molar-refractivity contribution in [2.75, 3.05) is 0 Å². The van der Waals surface area contributed by atoms with Crippen LogP contribution in [0.5, 0.6) is 0 Å². The molecule has 1 N–H and O–H groups in total. The highest BCUT2D eigenvalue weighted by Crippen LogP contribution is 2.11. The normalized spacial score (nSPS) is 26.2. The molecule has 3 nitrogen and oxygen atoms in total. The number of aliphatic hydroxyl groups excluding tert-OH is 1. The molecule has 0 aliphatic carbocycles. The van der Waals surface area contributed by atoms with Gasteiger partial charge in [-0.05, 0) is 15.9 Å². The average Bonchev–Trinajstić information content (AvgIpc) is 1.83. The predicted octanol–water partition coefficient (Wildman–Crippen LogP) is 0.237. The molecule has 1 unspecified atom stereocenters. The highest BCUT2D eigenvalue weighted by Gasteiger charge is 2.17. The lowest BCUT2D eigenvalue weighted by Crippen LogP contribution is -2.23. The van der Waals surface area contributed by atoms with Crippen molar-refractivity contribution < 1.29 is 9.90 Å². The molecule has 0 amide bonds. The number of halogens is 1. The molecule has 1 aliphatic heterocycles. The second-order valence-corrected chi connectivity index (χ2v) is 2.44. The van der Waals surface area contributed by atoms with Crippen LogP contribution in [0.4, 0.5) is 0 Å². The Labute approximate surface area is 60.2 Å². The van der Waals surface area contributed by atoms with Gasteiger partial charge in [-0.25, -0.2) is 0 Å². The zero-order valence-electron chi connectivity index (χ0n) is 4.41. The highest BCUT2D eigenvalue weighted by molar-refractivity contribution is 9.12. The first kappa shape index (κ1) is 6.64. The molecule has 0 aromatic carbocycles. The van der Waals surface area contributed by atoms with E-state index in [0.29, 0.717) is 4.48 Å². The first-order valence-electron chi connectivity index (χ1n) is 2.33. The molecule has 4 heteroatoms. The van der Waals surface area contributed by atoms with Gasteiger partial charge in [0.25, 0.3) is 0 Å². The predicted molar refractivity (Wildman–Crippen MR) is 36.5 cm³/mol. The highest BCUT2D eigenvalue weighted by atomic mass is 79.9. The van der Waals surface area contributed by atoms with Crippen molar-refractivity contribution in [3.63, 3.8) is 0 Å². The number of aliphatic imine (C=N–C) groups is 1. The molecule has 0 radical (unpaired) electrons. The summed E-state index contributed by atoms with van der Waals surface area (Å²) in [7, 11) is 0. The molecule has 0 aromatic heterocycles. The number of hydrogen-bond donors (Lipinski definition) is 1. The molecule has 9 heavy (non-hydrogen) atoms. The van der Waals surface area contributed by atoms with Crippen LogP contribution in [-0.2, 0) is 4.79 Å². The number of rotatable bonds is 0. The fourth-order valence-corrected chi connectivity index (χ4v) is 0.815. The van der Waals surface area contributed by atoms with Gasteiger partial charge in [0, 0.05) is 12.4 Å². The van der Waals surface area contributed by atoms with Gasteiger partial charge in [-0.1, -0.05) is 0 Å². The van der Waals surface area contributed by atoms with Crippen LogP contribution in [0.1, 0.15) is 0 Å². The molecule has 0 spiro atoms. The molecular weight excluding hydrogens is 186 g/mol. The first-order valence-corrected chi connectivity index (χ1v) is 3.12. The van der Waals surface area contributed by atoms with Gasteiger partial charge in [-0.15, -0.1) is 0 Å². The topological polar surface area (TPSA) is 49.7 Å². The molecule has 0 saturated heterocycles. The lowest BCUT2D eigenvalue weighted by molar-refractivity contribution is -0.119. The molecule has 1 heterocycles. The molecule has 1 rings (SSSR count). The van der Waals surface area contributed by atoms with Gasteiger partial charge in [0.1, 0.15) is 0 Å². The van der Waals surface area contributed by atoms with Crippen LogP contribution >= 0.6 is 15.9 Å². The summed E-state index contributed by atoms with van der Waals surface area (Å²) in [6, 6.07) is 0. The summed E-state index contributed by atoms with van der Waals surface area (Å²) in [5.74, 6) is -0.343. The summed E-state index contributed by atoms with van der Waals surface area (Å²) >= 11 is 2.93. The Bertz CT molecular complexity index is 197. The van der Waals surface area contributed by atoms with Crippen molar-refractivity contribution in [3.05, 3.63) is 10.7 Å². The maximum Gasteiger partial charge on any atom is 0.205 e. The molecule has 0 fully saturated rings. The van der Waals surface area contributed by atoms with Crippen molar-refractivity contribution in [3.8, 4) is 0 Å². The zero-order chi connectivity index (χ0) is 6.85. The SMILES string of the molecule is O=C1C(Br)=CN=CC1O. The standard InChI is InChI=1S/C5H4BrNO2/c6-3-1-7-2-4(8)5(3)9/h1-2,4,8H. The van der Waals surface area contributed by atoms with Crippen molar-refractivity contribution in [2.24, 2.45) is 4.99 Å². The number of hydrogen-bond acceptors (Lipinski definition) is 3. The quantitative estimate of drug-likeness (QED) is 0.594. The third-order valence-electron chi connectivity index (χ3n) is 0.919. The van der Waals surface area contributed by atoms with Gasteiger partial charge in [0.2, 0.25) is 5.78 Å². The van der Waals surface area contributed by atoms with E-state index in [1.54, 1.807) is 0 Å². The third-order valence-corrected chi connectivity index (χ3v) is 1.51. The monoisotopic (exact) mass is 189 g/mol. The van der Waals surface area contributed by atoms with Gasteiger partial charge in [-0.3, -0.25) is 9.79 Å². The van der Waals surface area contributed by atoms with Crippen molar-refractivity contribution in [2.45, 2.75) is 6.10 Å². The van der Waals surface area contributed by atoms with Crippen molar-refractivity contribution in [1.82, 2.24) is 0 Å². The Balaban J connectivity index is 2.86. The average molecular weight is 190 g/mol. The fraction of sp³-hybridized carbons (Fsp3) is 0.200. The molecule has 1 atom stereocenters. The van der Waals surface area contributed by atoms with Crippen LogP contribution < -0.4 is 0 Å². The second kappa shape index (κ2) is 2.41. The third kappa shape index (κ3) is 1.25. The lowest BCUT2D eigenvalue weighted by Gasteiger charge is -2.04. The number of nitrogens with zero attached hydrogens (tertiary/aromatic N) is 1. The Hall–Kier alpha value is -0.480. The minimum atomic E-state index is -1.07. The number of carbonyl (C=O) groups is 1. The Morgan fingerprint density at radius 3 is 2.89 bits per heavy atom. The van der Waals surface area contributed by atoms with Gasteiger partial charge in [0.05, 0.1) is 4.48 Å². The van der Waals surface area contributed by atoms with E-state index in [1.807, 2.05) is 0 Å². The van der Waals surface area contributed by atoms with E-state index in [-0.39, 0.29) is 5.78 Å². The van der Waals surface area contributed by atoms with Crippen LogP contribution in [0.3, 0.4) is 0 Å². The second-order valence-electron chi connectivity index (χ2n) is 1.58. The lowest BCUT2D eigenvalue weighted by atomic mass is 10.2. The van der Waals surface area contributed by atoms with E-state index >= 15 is 0 Å².